The van der Waals surface area contributed by atoms with Gasteiger partial charge in [0, 0.05) is 49.7 Å². The molecule has 1 amide bonds. The number of carbonyl (C=O) groups excluding carboxylic acids is 1. The molecule has 1 aliphatic rings. The first-order valence-electron chi connectivity index (χ1n) is 12.0. The number of aliphatic hydroxyl groups is 1. The number of aliphatic hydroxyl groups excluding tert-OH is 1. The first kappa shape index (κ1) is 26.3. The summed E-state index contributed by atoms with van der Waals surface area (Å²) in [5, 5.41) is 13.7. The van der Waals surface area contributed by atoms with Crippen LogP contribution in [0.4, 0.5) is 15.8 Å². The Hall–Kier alpha value is -3.73. The maximum atomic E-state index is 13.1. The van der Waals surface area contributed by atoms with E-state index in [-0.39, 0.29) is 23.4 Å². The van der Waals surface area contributed by atoms with Crippen LogP contribution in [0.5, 0.6) is 5.75 Å². The predicted molar refractivity (Wildman–Crippen MR) is 146 cm³/mol. The monoisotopic (exact) mass is 523 g/mol. The van der Waals surface area contributed by atoms with Crippen molar-refractivity contribution in [1.82, 2.24) is 15.8 Å². The summed E-state index contributed by atoms with van der Waals surface area (Å²) in [6, 6.07) is 22.6. The van der Waals surface area contributed by atoms with Crippen LogP contribution in [0.25, 0.3) is 0 Å². The standard InChI is InChI=1S/C27H30FN5O3S/c28-21-8-10-23(11-9-21)33-16-14-32(15-17-33)18-24(34)19-36-25-12-6-20(7-13-25)26(35)30-31-27(37)29-22-4-2-1-3-5-22/h1-13,24,34H,14-19H2,(H,30,35)(H2,29,31,37)/t24-/m1/s1. The third kappa shape index (κ3) is 8.14. The number of thiocarbonyl (C=S) groups is 1. The lowest BCUT2D eigenvalue weighted by Gasteiger charge is -2.36. The van der Waals surface area contributed by atoms with Gasteiger partial charge in [0.15, 0.2) is 5.11 Å². The highest BCUT2D eigenvalue weighted by Crippen LogP contribution is 2.17. The number of ether oxygens (including phenoxy) is 1. The molecule has 0 saturated carbocycles. The number of benzene rings is 3. The Morgan fingerprint density at radius 1 is 0.946 bits per heavy atom. The molecule has 4 rings (SSSR count). The largest absolute Gasteiger partial charge is 0.491 e. The molecule has 37 heavy (non-hydrogen) atoms. The molecule has 1 fully saturated rings. The van der Waals surface area contributed by atoms with Crippen molar-refractivity contribution in [2.75, 3.05) is 49.5 Å². The van der Waals surface area contributed by atoms with Crippen molar-refractivity contribution in [2.45, 2.75) is 6.10 Å². The molecule has 1 heterocycles. The van der Waals surface area contributed by atoms with Crippen molar-refractivity contribution in [3.05, 3.63) is 90.2 Å². The highest BCUT2D eigenvalue weighted by atomic mass is 32.1. The fraction of sp³-hybridized carbons (Fsp3) is 0.259. The Labute approximate surface area is 221 Å². The van der Waals surface area contributed by atoms with Crippen molar-refractivity contribution in [3.8, 4) is 5.75 Å². The molecule has 3 aromatic carbocycles. The van der Waals surface area contributed by atoms with Gasteiger partial charge in [0.2, 0.25) is 0 Å². The van der Waals surface area contributed by atoms with Crippen LogP contribution in [-0.4, -0.2) is 66.5 Å². The summed E-state index contributed by atoms with van der Waals surface area (Å²) >= 11 is 5.18. The van der Waals surface area contributed by atoms with Crippen LogP contribution in [-0.2, 0) is 0 Å². The lowest BCUT2D eigenvalue weighted by atomic mass is 10.2. The zero-order chi connectivity index (χ0) is 26.0. The number of nitrogens with zero attached hydrogens (tertiary/aromatic N) is 2. The Morgan fingerprint density at radius 3 is 2.30 bits per heavy atom. The molecule has 1 saturated heterocycles. The number of β-amino-alcohol motifs (C(OH)–C–C–N with tert-alkyl or cyclic N) is 1. The molecule has 0 spiro atoms. The van der Waals surface area contributed by atoms with E-state index in [0.717, 1.165) is 37.6 Å². The topological polar surface area (TPSA) is 89.1 Å². The van der Waals surface area contributed by atoms with E-state index >= 15 is 0 Å². The summed E-state index contributed by atoms with van der Waals surface area (Å²) in [6.45, 7) is 3.87. The summed E-state index contributed by atoms with van der Waals surface area (Å²) < 4.78 is 18.8. The van der Waals surface area contributed by atoms with Crippen LogP contribution in [0.2, 0.25) is 0 Å². The lowest BCUT2D eigenvalue weighted by molar-refractivity contribution is 0.0663. The van der Waals surface area contributed by atoms with E-state index in [9.17, 15) is 14.3 Å². The van der Waals surface area contributed by atoms with Crippen molar-refractivity contribution in [3.63, 3.8) is 0 Å². The molecular formula is C27H30FN5O3S. The van der Waals surface area contributed by atoms with Crippen LogP contribution in [0.15, 0.2) is 78.9 Å². The SMILES string of the molecule is O=C(NNC(=S)Nc1ccccc1)c1ccc(OC[C@H](O)CN2CCN(c3ccc(F)cc3)CC2)cc1. The second-order valence-electron chi connectivity index (χ2n) is 8.65. The average molecular weight is 524 g/mol. The molecule has 0 bridgehead atoms. The number of amides is 1. The van der Waals surface area contributed by atoms with Gasteiger partial charge >= 0.3 is 0 Å². The van der Waals surface area contributed by atoms with Gasteiger partial charge in [0.25, 0.3) is 5.91 Å². The second kappa shape index (κ2) is 13.0. The summed E-state index contributed by atoms with van der Waals surface area (Å²) in [7, 11) is 0. The van der Waals surface area contributed by atoms with Gasteiger partial charge < -0.3 is 20.1 Å². The Kier molecular flexibility index (Phi) is 9.25. The van der Waals surface area contributed by atoms with Crippen LogP contribution >= 0.6 is 12.2 Å². The third-order valence-corrected chi connectivity index (χ3v) is 6.12. The molecule has 0 aromatic heterocycles. The van der Waals surface area contributed by atoms with Crippen LogP contribution in [0, 0.1) is 5.82 Å². The zero-order valence-corrected chi connectivity index (χ0v) is 21.1. The third-order valence-electron chi connectivity index (χ3n) is 5.91. The van der Waals surface area contributed by atoms with Gasteiger partial charge in [0.05, 0.1) is 0 Å². The summed E-state index contributed by atoms with van der Waals surface area (Å²) in [5.41, 5.74) is 7.47. The number of anilines is 2. The number of para-hydroxylation sites is 1. The van der Waals surface area contributed by atoms with Crippen LogP contribution in [0.1, 0.15) is 10.4 Å². The molecule has 0 aliphatic carbocycles. The van der Waals surface area contributed by atoms with Crippen LogP contribution < -0.4 is 25.8 Å². The maximum absolute atomic E-state index is 13.1. The molecule has 0 unspecified atom stereocenters. The fourth-order valence-electron chi connectivity index (χ4n) is 3.96. The highest BCUT2D eigenvalue weighted by molar-refractivity contribution is 7.80. The van der Waals surface area contributed by atoms with E-state index in [2.05, 4.69) is 26.0 Å². The normalized spacial score (nSPS) is 14.5. The molecule has 8 nitrogen and oxygen atoms in total. The maximum Gasteiger partial charge on any atom is 0.269 e. The number of piperazine rings is 1. The molecule has 1 aliphatic heterocycles. The zero-order valence-electron chi connectivity index (χ0n) is 20.3. The quantitative estimate of drug-likeness (QED) is 0.265. The summed E-state index contributed by atoms with van der Waals surface area (Å²) in [5.74, 6) is -0.0216. The number of carbonyl (C=O) groups is 1. The molecule has 3 aromatic rings. The lowest BCUT2D eigenvalue weighted by Crippen LogP contribution is -2.49. The van der Waals surface area contributed by atoms with Gasteiger partial charge in [-0.3, -0.25) is 20.5 Å². The molecule has 1 atom stereocenters. The van der Waals surface area contributed by atoms with E-state index in [0.29, 0.717) is 17.9 Å². The Bertz CT molecular complexity index is 1160. The van der Waals surface area contributed by atoms with E-state index in [1.807, 2.05) is 30.3 Å². The number of hydrazine groups is 1. The smallest absolute Gasteiger partial charge is 0.269 e. The van der Waals surface area contributed by atoms with Crippen molar-refractivity contribution in [1.29, 1.82) is 0 Å². The second-order valence-corrected chi connectivity index (χ2v) is 9.06. The van der Waals surface area contributed by atoms with Crippen LogP contribution in [0.3, 0.4) is 0 Å². The number of nitrogens with one attached hydrogen (secondary N) is 3. The van der Waals surface area contributed by atoms with E-state index < -0.39 is 6.10 Å². The van der Waals surface area contributed by atoms with Gasteiger partial charge in [0.1, 0.15) is 24.3 Å². The van der Waals surface area contributed by atoms with E-state index in [1.165, 1.54) is 12.1 Å². The van der Waals surface area contributed by atoms with E-state index in [1.54, 1.807) is 36.4 Å². The van der Waals surface area contributed by atoms with Crippen molar-refractivity contribution >= 4 is 34.6 Å². The van der Waals surface area contributed by atoms with E-state index in [4.69, 9.17) is 17.0 Å². The average Bonchev–Trinajstić information content (AvgIpc) is 2.92. The number of hydrogen-bond donors (Lipinski definition) is 4. The summed E-state index contributed by atoms with van der Waals surface area (Å²) in [6.07, 6.45) is -0.650. The Morgan fingerprint density at radius 2 is 1.62 bits per heavy atom. The van der Waals surface area contributed by atoms with Gasteiger partial charge in [-0.1, -0.05) is 18.2 Å². The van der Waals surface area contributed by atoms with Gasteiger partial charge in [-0.15, -0.1) is 0 Å². The van der Waals surface area contributed by atoms with Crippen molar-refractivity contribution < 1.29 is 19.0 Å². The molecule has 0 radical (unpaired) electrons. The highest BCUT2D eigenvalue weighted by Gasteiger charge is 2.20. The van der Waals surface area contributed by atoms with Gasteiger partial charge in [-0.2, -0.15) is 0 Å². The summed E-state index contributed by atoms with van der Waals surface area (Å²) in [4.78, 5) is 16.8. The van der Waals surface area contributed by atoms with Crippen molar-refractivity contribution in [2.24, 2.45) is 0 Å². The van der Waals surface area contributed by atoms with Gasteiger partial charge in [-0.25, -0.2) is 4.39 Å². The molecular weight excluding hydrogens is 493 g/mol. The minimum atomic E-state index is -0.650. The van der Waals surface area contributed by atoms with Gasteiger partial charge in [-0.05, 0) is 72.9 Å². The predicted octanol–water partition coefficient (Wildman–Crippen LogP) is 3.02. The minimum Gasteiger partial charge on any atom is -0.491 e. The molecule has 4 N–H and O–H groups in total. The number of hydrogen-bond acceptors (Lipinski definition) is 6. The first-order chi connectivity index (χ1) is 18.0. The Balaban J connectivity index is 1.14. The molecule has 10 heteroatoms. The molecule has 194 valence electrons. The number of halogens is 1. The first-order valence-corrected chi connectivity index (χ1v) is 12.4. The number of rotatable bonds is 8. The minimum absolute atomic E-state index is 0.144. The fourth-order valence-corrected chi connectivity index (χ4v) is 4.12.